The highest BCUT2D eigenvalue weighted by Gasteiger charge is 2.16. The fourth-order valence-corrected chi connectivity index (χ4v) is 2.81. The van der Waals surface area contributed by atoms with Crippen molar-refractivity contribution in [3.05, 3.63) is 47.1 Å². The molecule has 0 fully saturated rings. The zero-order valence-electron chi connectivity index (χ0n) is 12.8. The average Bonchev–Trinajstić information content (AvgIpc) is 2.97. The van der Waals surface area contributed by atoms with Crippen LogP contribution in [0.15, 0.2) is 28.8 Å². The Balaban J connectivity index is 1.79. The highest BCUT2D eigenvalue weighted by molar-refractivity contribution is 5.75. The molecule has 3 aromatic rings. The van der Waals surface area contributed by atoms with Crippen molar-refractivity contribution in [2.45, 2.75) is 33.4 Å². The van der Waals surface area contributed by atoms with Crippen LogP contribution in [-0.2, 0) is 13.6 Å². The Kier molecular flexibility index (Phi) is 3.51. The summed E-state index contributed by atoms with van der Waals surface area (Å²) in [7, 11) is 2.05. The van der Waals surface area contributed by atoms with E-state index in [2.05, 4.69) is 33.0 Å². The third-order valence-electron chi connectivity index (χ3n) is 3.97. The van der Waals surface area contributed by atoms with Crippen molar-refractivity contribution in [2.75, 3.05) is 0 Å². The number of nitrogens with zero attached hydrogens (tertiary/aromatic N) is 3. The second-order valence-corrected chi connectivity index (χ2v) is 5.42. The van der Waals surface area contributed by atoms with Crippen LogP contribution in [0, 0.1) is 13.8 Å². The molecule has 0 bridgehead atoms. The van der Waals surface area contributed by atoms with Crippen LogP contribution in [-0.4, -0.2) is 14.7 Å². The van der Waals surface area contributed by atoms with Crippen molar-refractivity contribution < 1.29 is 4.52 Å². The minimum absolute atomic E-state index is 0.177. The van der Waals surface area contributed by atoms with Gasteiger partial charge in [0.05, 0.1) is 23.3 Å². The molecule has 3 rings (SSSR count). The van der Waals surface area contributed by atoms with Gasteiger partial charge in [0.2, 0.25) is 0 Å². The number of aryl methyl sites for hydroxylation is 3. The van der Waals surface area contributed by atoms with E-state index < -0.39 is 0 Å². The quantitative estimate of drug-likeness (QED) is 0.800. The Labute approximate surface area is 124 Å². The number of nitrogens with one attached hydrogen (secondary N) is 1. The Morgan fingerprint density at radius 3 is 2.71 bits per heavy atom. The second kappa shape index (κ2) is 5.33. The SMILES string of the molecule is Cc1noc(C)c1C(C)NCc1nc2ccccc2n1C. The minimum Gasteiger partial charge on any atom is -0.361 e. The van der Waals surface area contributed by atoms with E-state index in [9.17, 15) is 0 Å². The molecule has 0 spiro atoms. The van der Waals surface area contributed by atoms with E-state index in [-0.39, 0.29) is 6.04 Å². The molecule has 2 heterocycles. The van der Waals surface area contributed by atoms with E-state index >= 15 is 0 Å². The van der Waals surface area contributed by atoms with Crippen LogP contribution in [0.1, 0.15) is 35.8 Å². The van der Waals surface area contributed by atoms with Gasteiger partial charge in [-0.15, -0.1) is 0 Å². The summed E-state index contributed by atoms with van der Waals surface area (Å²) in [6.45, 7) is 6.74. The van der Waals surface area contributed by atoms with Crippen LogP contribution < -0.4 is 5.32 Å². The van der Waals surface area contributed by atoms with Crippen molar-refractivity contribution in [2.24, 2.45) is 7.05 Å². The topological polar surface area (TPSA) is 55.9 Å². The summed E-state index contributed by atoms with van der Waals surface area (Å²) in [4.78, 5) is 4.67. The van der Waals surface area contributed by atoms with Crippen molar-refractivity contribution in [3.63, 3.8) is 0 Å². The molecule has 5 nitrogen and oxygen atoms in total. The lowest BCUT2D eigenvalue weighted by molar-refractivity contribution is 0.390. The molecule has 110 valence electrons. The van der Waals surface area contributed by atoms with E-state index in [1.807, 2.05) is 39.1 Å². The monoisotopic (exact) mass is 284 g/mol. The maximum atomic E-state index is 5.23. The van der Waals surface area contributed by atoms with Gasteiger partial charge in [-0.05, 0) is 32.9 Å². The number of benzene rings is 1. The molecule has 0 saturated carbocycles. The first kappa shape index (κ1) is 13.8. The lowest BCUT2D eigenvalue weighted by Gasteiger charge is -2.13. The van der Waals surface area contributed by atoms with Gasteiger partial charge in [0.25, 0.3) is 0 Å². The number of para-hydroxylation sites is 2. The van der Waals surface area contributed by atoms with Crippen LogP contribution >= 0.6 is 0 Å². The van der Waals surface area contributed by atoms with Crippen LogP contribution in [0.25, 0.3) is 11.0 Å². The first-order chi connectivity index (χ1) is 10.1. The molecular formula is C16H20N4O. The molecule has 21 heavy (non-hydrogen) atoms. The van der Waals surface area contributed by atoms with E-state index in [1.54, 1.807) is 0 Å². The number of aromatic nitrogens is 3. The molecule has 1 aromatic carbocycles. The van der Waals surface area contributed by atoms with E-state index in [1.165, 1.54) is 0 Å². The zero-order valence-corrected chi connectivity index (χ0v) is 12.8. The maximum Gasteiger partial charge on any atom is 0.138 e. The van der Waals surface area contributed by atoms with Gasteiger partial charge in [0.15, 0.2) is 0 Å². The van der Waals surface area contributed by atoms with Gasteiger partial charge in [-0.1, -0.05) is 17.3 Å². The van der Waals surface area contributed by atoms with Crippen LogP contribution in [0.5, 0.6) is 0 Å². The molecule has 2 aromatic heterocycles. The van der Waals surface area contributed by atoms with Gasteiger partial charge in [0, 0.05) is 18.7 Å². The molecule has 1 N–H and O–H groups in total. The van der Waals surface area contributed by atoms with E-state index in [0.717, 1.165) is 33.9 Å². The molecule has 0 aliphatic rings. The van der Waals surface area contributed by atoms with E-state index in [0.29, 0.717) is 6.54 Å². The molecule has 1 atom stereocenters. The molecular weight excluding hydrogens is 264 g/mol. The van der Waals surface area contributed by atoms with Gasteiger partial charge in [-0.25, -0.2) is 4.98 Å². The van der Waals surface area contributed by atoms with Crippen molar-refractivity contribution >= 4 is 11.0 Å². The third-order valence-corrected chi connectivity index (χ3v) is 3.97. The number of hydrogen-bond donors (Lipinski definition) is 1. The van der Waals surface area contributed by atoms with Crippen LogP contribution in [0.4, 0.5) is 0 Å². The normalized spacial score (nSPS) is 13.0. The minimum atomic E-state index is 0.177. The summed E-state index contributed by atoms with van der Waals surface area (Å²) in [6.07, 6.45) is 0. The maximum absolute atomic E-state index is 5.23. The Hall–Kier alpha value is -2.14. The first-order valence-corrected chi connectivity index (χ1v) is 7.14. The molecule has 5 heteroatoms. The summed E-state index contributed by atoms with van der Waals surface area (Å²) in [5.41, 5.74) is 4.26. The molecule has 1 unspecified atom stereocenters. The lowest BCUT2D eigenvalue weighted by Crippen LogP contribution is -2.21. The molecule has 0 saturated heterocycles. The van der Waals surface area contributed by atoms with Crippen LogP contribution in [0.2, 0.25) is 0 Å². The molecule has 0 amide bonds. The number of hydrogen-bond acceptors (Lipinski definition) is 4. The highest BCUT2D eigenvalue weighted by Crippen LogP contribution is 2.21. The smallest absolute Gasteiger partial charge is 0.138 e. The third kappa shape index (κ3) is 2.45. The van der Waals surface area contributed by atoms with Crippen LogP contribution in [0.3, 0.4) is 0 Å². The fraction of sp³-hybridized carbons (Fsp3) is 0.375. The molecule has 0 aliphatic carbocycles. The summed E-state index contributed by atoms with van der Waals surface area (Å²) in [5.74, 6) is 1.90. The van der Waals surface area contributed by atoms with Crippen molar-refractivity contribution in [3.8, 4) is 0 Å². The summed E-state index contributed by atoms with van der Waals surface area (Å²) in [6, 6.07) is 8.35. The highest BCUT2D eigenvalue weighted by atomic mass is 16.5. The van der Waals surface area contributed by atoms with Gasteiger partial charge < -0.3 is 14.4 Å². The molecule has 0 radical (unpaired) electrons. The van der Waals surface area contributed by atoms with Crippen molar-refractivity contribution in [1.29, 1.82) is 0 Å². The lowest BCUT2D eigenvalue weighted by atomic mass is 10.1. The summed E-state index contributed by atoms with van der Waals surface area (Å²) < 4.78 is 7.36. The second-order valence-electron chi connectivity index (χ2n) is 5.42. The van der Waals surface area contributed by atoms with Crippen molar-refractivity contribution in [1.82, 2.24) is 20.0 Å². The Morgan fingerprint density at radius 1 is 1.29 bits per heavy atom. The summed E-state index contributed by atoms with van der Waals surface area (Å²) >= 11 is 0. The van der Waals surface area contributed by atoms with Gasteiger partial charge in [0.1, 0.15) is 11.6 Å². The fourth-order valence-electron chi connectivity index (χ4n) is 2.81. The Bertz CT molecular complexity index is 752. The Morgan fingerprint density at radius 2 is 2.05 bits per heavy atom. The standard InChI is InChI=1S/C16H20N4O/c1-10(16-11(2)19-21-12(16)3)17-9-15-18-13-7-5-6-8-14(13)20(15)4/h5-8,10,17H,9H2,1-4H3. The summed E-state index contributed by atoms with van der Waals surface area (Å²) in [5, 5.41) is 7.51. The predicted octanol–water partition coefficient (Wildman–Crippen LogP) is 3.03. The van der Waals surface area contributed by atoms with Gasteiger partial charge in [-0.2, -0.15) is 0 Å². The first-order valence-electron chi connectivity index (χ1n) is 7.14. The van der Waals surface area contributed by atoms with E-state index in [4.69, 9.17) is 4.52 Å². The molecule has 0 aliphatic heterocycles. The number of imidazole rings is 1. The predicted molar refractivity (Wildman–Crippen MR) is 81.9 cm³/mol. The number of rotatable bonds is 4. The average molecular weight is 284 g/mol. The van der Waals surface area contributed by atoms with Gasteiger partial charge >= 0.3 is 0 Å². The number of fused-ring (bicyclic) bond motifs is 1. The van der Waals surface area contributed by atoms with Gasteiger partial charge in [-0.3, -0.25) is 0 Å². The zero-order chi connectivity index (χ0) is 15.0. The largest absolute Gasteiger partial charge is 0.361 e.